The summed E-state index contributed by atoms with van der Waals surface area (Å²) in [4.78, 5) is 13.8. The van der Waals surface area contributed by atoms with Crippen LogP contribution in [0, 0.1) is 0 Å². The van der Waals surface area contributed by atoms with Crippen molar-refractivity contribution in [1.29, 1.82) is 0 Å². The van der Waals surface area contributed by atoms with E-state index in [4.69, 9.17) is 5.73 Å². The van der Waals surface area contributed by atoms with E-state index >= 15 is 0 Å². The number of sulfone groups is 1. The maximum absolute atomic E-state index is 12.2. The molecule has 0 aliphatic heterocycles. The topological polar surface area (TPSA) is 80.5 Å². The summed E-state index contributed by atoms with van der Waals surface area (Å²) in [6.45, 7) is 3.71. The standard InChI is InChI=1S/C10H20N2O3S/c1-10(2,16(3,14)15)9(13)12(7-6-11)8-4-5-8/h8H,4-7,11H2,1-3H3. The number of nitrogens with zero attached hydrogens (tertiary/aromatic N) is 1. The van der Waals surface area contributed by atoms with Gasteiger partial charge in [0.25, 0.3) is 0 Å². The maximum Gasteiger partial charge on any atom is 0.243 e. The molecule has 0 aromatic rings. The zero-order valence-electron chi connectivity index (χ0n) is 10.1. The molecule has 0 heterocycles. The summed E-state index contributed by atoms with van der Waals surface area (Å²) in [5, 5.41) is 0. The largest absolute Gasteiger partial charge is 0.337 e. The van der Waals surface area contributed by atoms with E-state index in [1.165, 1.54) is 13.8 Å². The van der Waals surface area contributed by atoms with E-state index in [-0.39, 0.29) is 11.9 Å². The third-order valence-corrected chi connectivity index (χ3v) is 5.09. The van der Waals surface area contributed by atoms with Gasteiger partial charge in [0.2, 0.25) is 5.91 Å². The number of carbonyl (C=O) groups is 1. The minimum absolute atomic E-state index is 0.192. The Balaban J connectivity index is 2.89. The van der Waals surface area contributed by atoms with E-state index in [9.17, 15) is 13.2 Å². The van der Waals surface area contributed by atoms with Gasteiger partial charge in [-0.25, -0.2) is 8.42 Å². The molecule has 2 N–H and O–H groups in total. The summed E-state index contributed by atoms with van der Waals surface area (Å²) >= 11 is 0. The van der Waals surface area contributed by atoms with E-state index in [0.717, 1.165) is 19.1 Å². The number of amides is 1. The van der Waals surface area contributed by atoms with Gasteiger partial charge >= 0.3 is 0 Å². The Hall–Kier alpha value is -0.620. The van der Waals surface area contributed by atoms with Crippen molar-refractivity contribution in [2.45, 2.75) is 37.5 Å². The molecule has 94 valence electrons. The molecular weight excluding hydrogens is 228 g/mol. The summed E-state index contributed by atoms with van der Waals surface area (Å²) in [6, 6.07) is 0.192. The minimum Gasteiger partial charge on any atom is -0.337 e. The van der Waals surface area contributed by atoms with Crippen molar-refractivity contribution in [3.8, 4) is 0 Å². The summed E-state index contributed by atoms with van der Waals surface area (Å²) in [7, 11) is -3.40. The van der Waals surface area contributed by atoms with Crippen LogP contribution in [0.4, 0.5) is 0 Å². The minimum atomic E-state index is -3.40. The Labute approximate surface area is 96.9 Å². The van der Waals surface area contributed by atoms with E-state index in [1.807, 2.05) is 0 Å². The molecule has 0 atom stereocenters. The number of nitrogens with two attached hydrogens (primary N) is 1. The van der Waals surface area contributed by atoms with Crippen molar-refractivity contribution in [3.05, 3.63) is 0 Å². The van der Waals surface area contributed by atoms with E-state index in [1.54, 1.807) is 4.90 Å². The van der Waals surface area contributed by atoms with E-state index in [0.29, 0.717) is 13.1 Å². The molecule has 0 bridgehead atoms. The van der Waals surface area contributed by atoms with Crippen molar-refractivity contribution in [2.75, 3.05) is 19.3 Å². The van der Waals surface area contributed by atoms with Gasteiger partial charge < -0.3 is 10.6 Å². The van der Waals surface area contributed by atoms with Gasteiger partial charge in [-0.05, 0) is 26.7 Å². The number of hydrogen-bond donors (Lipinski definition) is 1. The second-order valence-corrected chi connectivity index (χ2v) is 7.37. The van der Waals surface area contributed by atoms with Crippen LogP contribution in [-0.2, 0) is 14.6 Å². The molecule has 1 fully saturated rings. The summed E-state index contributed by atoms with van der Waals surface area (Å²) in [5.74, 6) is -0.331. The highest BCUT2D eigenvalue weighted by atomic mass is 32.2. The average Bonchev–Trinajstić information content (AvgIpc) is 2.94. The van der Waals surface area contributed by atoms with Crippen molar-refractivity contribution in [3.63, 3.8) is 0 Å². The number of hydrogen-bond acceptors (Lipinski definition) is 4. The van der Waals surface area contributed by atoms with Crippen LogP contribution in [0.15, 0.2) is 0 Å². The molecule has 6 heteroatoms. The van der Waals surface area contributed by atoms with Gasteiger partial charge in [-0.2, -0.15) is 0 Å². The Morgan fingerprint density at radius 1 is 1.44 bits per heavy atom. The second-order valence-electron chi connectivity index (χ2n) is 4.80. The highest BCUT2D eigenvalue weighted by molar-refractivity contribution is 7.92. The molecule has 16 heavy (non-hydrogen) atoms. The summed E-state index contributed by atoms with van der Waals surface area (Å²) in [6.07, 6.45) is 3.00. The molecule has 0 spiro atoms. The Kier molecular flexibility index (Phi) is 3.64. The molecule has 0 radical (unpaired) electrons. The Bertz CT molecular complexity index is 372. The fourth-order valence-electron chi connectivity index (χ4n) is 1.48. The normalized spacial score (nSPS) is 17.2. The molecule has 5 nitrogen and oxygen atoms in total. The first-order chi connectivity index (χ1) is 7.21. The lowest BCUT2D eigenvalue weighted by atomic mass is 10.1. The van der Waals surface area contributed by atoms with E-state index in [2.05, 4.69) is 0 Å². The van der Waals surface area contributed by atoms with Gasteiger partial charge in [0.15, 0.2) is 9.84 Å². The molecule has 0 aromatic carbocycles. The second kappa shape index (κ2) is 4.33. The lowest BCUT2D eigenvalue weighted by Crippen LogP contribution is -2.51. The number of carbonyl (C=O) groups excluding carboxylic acids is 1. The summed E-state index contributed by atoms with van der Waals surface area (Å²) < 4.78 is 21.8. The average molecular weight is 248 g/mol. The zero-order valence-corrected chi connectivity index (χ0v) is 10.9. The van der Waals surface area contributed by atoms with E-state index < -0.39 is 14.6 Å². The fraction of sp³-hybridized carbons (Fsp3) is 0.900. The smallest absolute Gasteiger partial charge is 0.243 e. The molecule has 1 aliphatic rings. The predicted octanol–water partition coefficient (Wildman–Crippen LogP) is -0.241. The fourth-order valence-corrected chi connectivity index (χ4v) is 1.91. The summed E-state index contributed by atoms with van der Waals surface area (Å²) in [5.41, 5.74) is 5.44. The van der Waals surface area contributed by atoms with Gasteiger partial charge in [-0.1, -0.05) is 0 Å². The molecule has 0 aromatic heterocycles. The van der Waals surface area contributed by atoms with Crippen LogP contribution in [0.1, 0.15) is 26.7 Å². The van der Waals surface area contributed by atoms with Crippen molar-refractivity contribution in [1.82, 2.24) is 4.90 Å². The van der Waals surface area contributed by atoms with Crippen LogP contribution in [0.2, 0.25) is 0 Å². The predicted molar refractivity (Wildman–Crippen MR) is 62.7 cm³/mol. The van der Waals surface area contributed by atoms with Crippen molar-refractivity contribution >= 4 is 15.7 Å². The third-order valence-electron chi connectivity index (χ3n) is 3.06. The first-order valence-electron chi connectivity index (χ1n) is 5.42. The third kappa shape index (κ3) is 2.55. The maximum atomic E-state index is 12.2. The first kappa shape index (κ1) is 13.4. The van der Waals surface area contributed by atoms with Crippen LogP contribution in [0.3, 0.4) is 0 Å². The van der Waals surface area contributed by atoms with Crippen LogP contribution in [0.25, 0.3) is 0 Å². The monoisotopic (exact) mass is 248 g/mol. The first-order valence-corrected chi connectivity index (χ1v) is 7.31. The Morgan fingerprint density at radius 3 is 2.25 bits per heavy atom. The molecule has 1 rings (SSSR count). The molecule has 1 amide bonds. The Morgan fingerprint density at radius 2 is 1.94 bits per heavy atom. The van der Waals surface area contributed by atoms with Crippen molar-refractivity contribution < 1.29 is 13.2 Å². The SMILES string of the molecule is CC(C)(C(=O)N(CCN)C1CC1)S(C)(=O)=O. The lowest BCUT2D eigenvalue weighted by Gasteiger charge is -2.30. The van der Waals surface area contributed by atoms with Gasteiger partial charge in [0.1, 0.15) is 4.75 Å². The van der Waals surface area contributed by atoms with Crippen LogP contribution in [-0.4, -0.2) is 49.4 Å². The molecule has 1 saturated carbocycles. The van der Waals surface area contributed by atoms with Gasteiger partial charge in [-0.3, -0.25) is 4.79 Å². The van der Waals surface area contributed by atoms with Crippen LogP contribution in [0.5, 0.6) is 0 Å². The number of rotatable bonds is 5. The van der Waals surface area contributed by atoms with Crippen LogP contribution >= 0.6 is 0 Å². The highest BCUT2D eigenvalue weighted by Crippen LogP contribution is 2.30. The zero-order chi connectivity index (χ0) is 12.6. The van der Waals surface area contributed by atoms with Gasteiger partial charge in [0.05, 0.1) is 0 Å². The quantitative estimate of drug-likeness (QED) is 0.728. The molecule has 1 aliphatic carbocycles. The molecular formula is C10H20N2O3S. The van der Waals surface area contributed by atoms with Gasteiger partial charge in [0, 0.05) is 25.4 Å². The van der Waals surface area contributed by atoms with Crippen LogP contribution < -0.4 is 5.73 Å². The highest BCUT2D eigenvalue weighted by Gasteiger charge is 2.45. The molecule has 0 saturated heterocycles. The van der Waals surface area contributed by atoms with Gasteiger partial charge in [-0.15, -0.1) is 0 Å². The van der Waals surface area contributed by atoms with Crippen molar-refractivity contribution in [2.24, 2.45) is 5.73 Å². The molecule has 0 unspecified atom stereocenters. The lowest BCUT2D eigenvalue weighted by molar-refractivity contribution is -0.133.